The van der Waals surface area contributed by atoms with Crippen molar-refractivity contribution < 1.29 is 16.8 Å². The van der Waals surface area contributed by atoms with Gasteiger partial charge in [-0.05, 0) is 17.3 Å². The van der Waals surface area contributed by atoms with Crippen molar-refractivity contribution in [3.8, 4) is 11.4 Å². The Morgan fingerprint density at radius 3 is 2.61 bits per heavy atom. The minimum atomic E-state index is -4.43. The fourth-order valence-electron chi connectivity index (χ4n) is 3.25. The molecule has 12 nitrogen and oxygen atoms in total. The molecule has 0 radical (unpaired) electrons. The average Bonchev–Trinajstić information content (AvgIpc) is 3.29. The summed E-state index contributed by atoms with van der Waals surface area (Å²) in [5.74, 6) is 0.716. The third-order valence-electron chi connectivity index (χ3n) is 4.44. The zero-order chi connectivity index (χ0) is 20.1. The SMILES string of the molecule is CS(=O)(=O)c1ccc(N2CCn3ccnc3C2)c(-c2nn[nH]n2)c1S(N)(=O)=O. The highest BCUT2D eigenvalue weighted by molar-refractivity contribution is 7.93. The fraction of sp³-hybridized carbons (Fsp3) is 0.286. The molecule has 0 unspecified atom stereocenters. The summed E-state index contributed by atoms with van der Waals surface area (Å²) in [5, 5.41) is 18.9. The molecule has 0 aliphatic carbocycles. The van der Waals surface area contributed by atoms with Gasteiger partial charge in [0.1, 0.15) is 10.7 Å². The fourth-order valence-corrected chi connectivity index (χ4v) is 5.64. The molecule has 0 spiro atoms. The smallest absolute Gasteiger partial charge is 0.240 e. The van der Waals surface area contributed by atoms with E-state index in [0.717, 1.165) is 12.1 Å². The van der Waals surface area contributed by atoms with Crippen LogP contribution in [0.1, 0.15) is 5.82 Å². The van der Waals surface area contributed by atoms with E-state index in [0.29, 0.717) is 25.3 Å². The van der Waals surface area contributed by atoms with Crippen LogP contribution in [0.2, 0.25) is 0 Å². The highest BCUT2D eigenvalue weighted by Crippen LogP contribution is 2.39. The van der Waals surface area contributed by atoms with E-state index in [9.17, 15) is 16.8 Å². The summed E-state index contributed by atoms with van der Waals surface area (Å²) in [7, 11) is -8.33. The van der Waals surface area contributed by atoms with Gasteiger partial charge in [0.2, 0.25) is 15.8 Å². The summed E-state index contributed by atoms with van der Waals surface area (Å²) in [6.07, 6.45) is 4.45. The van der Waals surface area contributed by atoms with E-state index in [1.54, 1.807) is 6.20 Å². The summed E-state index contributed by atoms with van der Waals surface area (Å²) in [6.45, 7) is 1.55. The van der Waals surface area contributed by atoms with E-state index in [2.05, 4.69) is 25.6 Å². The second-order valence-corrected chi connectivity index (χ2v) is 9.78. The first-order valence-corrected chi connectivity index (χ1v) is 11.5. The van der Waals surface area contributed by atoms with Gasteiger partial charge in [-0.1, -0.05) is 0 Å². The number of primary sulfonamides is 1. The maximum Gasteiger partial charge on any atom is 0.240 e. The zero-order valence-corrected chi connectivity index (χ0v) is 16.3. The van der Waals surface area contributed by atoms with Crippen LogP contribution in [0.15, 0.2) is 34.3 Å². The molecule has 0 atom stereocenters. The molecule has 1 aliphatic rings. The maximum atomic E-state index is 12.4. The van der Waals surface area contributed by atoms with Crippen LogP contribution in [-0.4, -0.2) is 59.8 Å². The molecule has 1 aliphatic heterocycles. The number of nitrogens with two attached hydrogens (primary N) is 1. The highest BCUT2D eigenvalue weighted by atomic mass is 32.2. The molecule has 4 rings (SSSR count). The second kappa shape index (κ2) is 6.35. The number of nitrogens with one attached hydrogen (secondary N) is 1. The lowest BCUT2D eigenvalue weighted by molar-refractivity contribution is 0.559. The number of sulfonamides is 1. The van der Waals surface area contributed by atoms with Crippen molar-refractivity contribution in [1.29, 1.82) is 0 Å². The topological polar surface area (TPSA) is 170 Å². The van der Waals surface area contributed by atoms with Crippen molar-refractivity contribution >= 4 is 25.5 Å². The molecule has 0 bridgehead atoms. The summed E-state index contributed by atoms with van der Waals surface area (Å²) in [5.41, 5.74) is 0.409. The summed E-state index contributed by atoms with van der Waals surface area (Å²) in [6, 6.07) is 2.75. The number of anilines is 1. The lowest BCUT2D eigenvalue weighted by Gasteiger charge is -2.31. The Morgan fingerprint density at radius 1 is 1.18 bits per heavy atom. The van der Waals surface area contributed by atoms with E-state index in [-0.39, 0.29) is 11.4 Å². The number of hydrogen-bond donors (Lipinski definition) is 2. The first-order chi connectivity index (χ1) is 13.2. The summed E-state index contributed by atoms with van der Waals surface area (Å²) >= 11 is 0. The van der Waals surface area contributed by atoms with E-state index >= 15 is 0 Å². The molecule has 0 amide bonds. The molecule has 28 heavy (non-hydrogen) atoms. The van der Waals surface area contributed by atoms with Gasteiger partial charge in [0.15, 0.2) is 9.84 Å². The molecule has 0 saturated heterocycles. The first kappa shape index (κ1) is 18.5. The number of aromatic nitrogens is 6. The number of fused-ring (bicyclic) bond motifs is 1. The Bertz CT molecular complexity index is 1250. The van der Waals surface area contributed by atoms with Crippen LogP contribution >= 0.6 is 0 Å². The second-order valence-electron chi connectivity index (χ2n) is 6.30. The number of rotatable bonds is 4. The minimum Gasteiger partial charge on any atom is -0.362 e. The molecule has 2 aromatic heterocycles. The van der Waals surface area contributed by atoms with Crippen LogP contribution < -0.4 is 10.0 Å². The van der Waals surface area contributed by atoms with Crippen molar-refractivity contribution in [2.24, 2.45) is 5.14 Å². The van der Waals surface area contributed by atoms with Gasteiger partial charge in [-0.15, -0.1) is 10.2 Å². The maximum absolute atomic E-state index is 12.4. The Balaban J connectivity index is 2.01. The lowest BCUT2D eigenvalue weighted by Crippen LogP contribution is -2.34. The predicted octanol–water partition coefficient (Wildman–Crippen LogP) is -0.866. The molecular formula is C14H16N8O4S2. The van der Waals surface area contributed by atoms with Crippen molar-refractivity contribution in [2.75, 3.05) is 17.7 Å². The Kier molecular flexibility index (Phi) is 4.20. The van der Waals surface area contributed by atoms with E-state index in [4.69, 9.17) is 5.14 Å². The van der Waals surface area contributed by atoms with Gasteiger partial charge in [0.25, 0.3) is 0 Å². The summed E-state index contributed by atoms with van der Waals surface area (Å²) < 4.78 is 51.2. The molecule has 0 fully saturated rings. The molecule has 3 aromatic rings. The number of hydrogen-bond acceptors (Lipinski definition) is 9. The van der Waals surface area contributed by atoms with Gasteiger partial charge in [-0.3, -0.25) is 0 Å². The van der Waals surface area contributed by atoms with E-state index in [1.165, 1.54) is 12.1 Å². The van der Waals surface area contributed by atoms with Gasteiger partial charge in [-0.25, -0.2) is 27.0 Å². The zero-order valence-electron chi connectivity index (χ0n) is 14.6. The normalized spacial score (nSPS) is 14.9. The molecule has 1 aromatic carbocycles. The van der Waals surface area contributed by atoms with Crippen LogP contribution in [0.25, 0.3) is 11.4 Å². The van der Waals surface area contributed by atoms with Gasteiger partial charge < -0.3 is 9.47 Å². The quantitative estimate of drug-likeness (QED) is 0.540. The molecular weight excluding hydrogens is 408 g/mol. The lowest BCUT2D eigenvalue weighted by atomic mass is 10.1. The standard InChI is InChI=1S/C14H16N8O4S2/c1-27(23,24)10-3-2-9(22-7-6-21-5-4-16-11(21)8-22)12(13(10)28(15,25)26)14-17-19-20-18-14/h2-5H,6-8H2,1H3,(H2,15,25,26)(H,17,18,19,20). The monoisotopic (exact) mass is 424 g/mol. The number of tetrazole rings is 1. The van der Waals surface area contributed by atoms with Gasteiger partial charge in [-0.2, -0.15) is 5.21 Å². The van der Waals surface area contributed by atoms with E-state index < -0.39 is 29.7 Å². The average molecular weight is 424 g/mol. The molecule has 3 heterocycles. The molecule has 3 N–H and O–H groups in total. The minimum absolute atomic E-state index is 0.0146. The molecule has 0 saturated carbocycles. The number of H-pyrrole nitrogens is 1. The van der Waals surface area contributed by atoms with Gasteiger partial charge in [0, 0.05) is 37.4 Å². The number of aromatic amines is 1. The van der Waals surface area contributed by atoms with Crippen LogP contribution in [0.3, 0.4) is 0 Å². The van der Waals surface area contributed by atoms with Crippen molar-refractivity contribution in [3.63, 3.8) is 0 Å². The van der Waals surface area contributed by atoms with Crippen molar-refractivity contribution in [3.05, 3.63) is 30.4 Å². The Labute approximate surface area is 160 Å². The van der Waals surface area contributed by atoms with Crippen LogP contribution in [0.5, 0.6) is 0 Å². The highest BCUT2D eigenvalue weighted by Gasteiger charge is 2.32. The third kappa shape index (κ3) is 3.14. The van der Waals surface area contributed by atoms with Crippen LogP contribution in [-0.2, 0) is 33.0 Å². The number of nitrogens with zero attached hydrogens (tertiary/aromatic N) is 6. The Hall–Kier alpha value is -2.84. The van der Waals surface area contributed by atoms with Crippen LogP contribution in [0.4, 0.5) is 5.69 Å². The first-order valence-electron chi connectivity index (χ1n) is 8.05. The van der Waals surface area contributed by atoms with Crippen LogP contribution in [0, 0.1) is 0 Å². The van der Waals surface area contributed by atoms with Crippen molar-refractivity contribution in [2.45, 2.75) is 22.9 Å². The van der Waals surface area contributed by atoms with E-state index in [1.807, 2.05) is 15.7 Å². The number of imidazole rings is 1. The molecule has 148 valence electrons. The summed E-state index contributed by atoms with van der Waals surface area (Å²) in [4.78, 5) is 5.18. The Morgan fingerprint density at radius 2 is 1.96 bits per heavy atom. The number of benzene rings is 1. The third-order valence-corrected chi connectivity index (χ3v) is 6.70. The number of sulfone groups is 1. The molecule has 14 heteroatoms. The van der Waals surface area contributed by atoms with Gasteiger partial charge >= 0.3 is 0 Å². The van der Waals surface area contributed by atoms with Gasteiger partial charge in [0.05, 0.1) is 17.0 Å². The largest absolute Gasteiger partial charge is 0.362 e. The predicted molar refractivity (Wildman–Crippen MR) is 97.4 cm³/mol. The van der Waals surface area contributed by atoms with Crippen molar-refractivity contribution in [1.82, 2.24) is 30.2 Å².